The van der Waals surface area contributed by atoms with Gasteiger partial charge in [-0.25, -0.2) is 9.37 Å². The monoisotopic (exact) mass is 557 g/mol. The highest BCUT2D eigenvalue weighted by Gasteiger charge is 2.51. The predicted octanol–water partition coefficient (Wildman–Crippen LogP) is 3.75. The van der Waals surface area contributed by atoms with Crippen LogP contribution in [0.2, 0.25) is 0 Å². The van der Waals surface area contributed by atoms with Gasteiger partial charge in [0, 0.05) is 23.2 Å². The molecule has 5 rings (SSSR count). The van der Waals surface area contributed by atoms with Crippen molar-refractivity contribution in [2.45, 2.75) is 44.8 Å². The molecule has 0 radical (unpaired) electrons. The molecule has 1 heterocycles. The second kappa shape index (κ2) is 8.83. The normalized spacial score (nSPS) is 22.0. The van der Waals surface area contributed by atoms with Crippen LogP contribution in [-0.2, 0) is 7.86 Å². The smallest absolute Gasteiger partial charge is 0.280 e. The molecule has 3 aliphatic rings. The highest BCUT2D eigenvalue weighted by atomic mass is 127. The first-order valence-corrected chi connectivity index (χ1v) is 11.5. The molecule has 3 aliphatic carbocycles. The number of halogens is 2. The summed E-state index contributed by atoms with van der Waals surface area (Å²) in [6.45, 7) is 3.30. The fourth-order valence-electron chi connectivity index (χ4n) is 3.96. The van der Waals surface area contributed by atoms with Gasteiger partial charge in [0.2, 0.25) is 0 Å². The van der Waals surface area contributed by atoms with E-state index in [9.17, 15) is 14.0 Å². The lowest BCUT2D eigenvalue weighted by molar-refractivity contribution is -0.122. The number of nitrogens with one attached hydrogen (secondary N) is 2. The van der Waals surface area contributed by atoms with Gasteiger partial charge in [0.25, 0.3) is 11.8 Å². The fourth-order valence-corrected chi connectivity index (χ4v) is 5.09. The summed E-state index contributed by atoms with van der Waals surface area (Å²) in [4.78, 5) is 29.2. The molecule has 31 heavy (non-hydrogen) atoms. The summed E-state index contributed by atoms with van der Waals surface area (Å²) < 4.78 is 24.4. The van der Waals surface area contributed by atoms with Crippen LogP contribution in [-0.4, -0.2) is 35.0 Å². The van der Waals surface area contributed by atoms with Crippen LogP contribution in [0.25, 0.3) is 0 Å². The number of carbonyl (C=O) groups excluding carboxylic acids is 2. The van der Waals surface area contributed by atoms with Crippen molar-refractivity contribution in [3.05, 3.63) is 56.9 Å². The minimum absolute atomic E-state index is 0.181. The Morgan fingerprint density at radius 2 is 2.13 bits per heavy atom. The molecular formula is C21H21FIN3O4S. The number of nitrogens with zero attached hydrogens (tertiary/aromatic N) is 1. The van der Waals surface area contributed by atoms with Crippen molar-refractivity contribution in [2.24, 2.45) is 0 Å². The summed E-state index contributed by atoms with van der Waals surface area (Å²) in [6, 6.07) is 4.35. The zero-order chi connectivity index (χ0) is 22.2. The van der Waals surface area contributed by atoms with Crippen molar-refractivity contribution in [1.29, 1.82) is 0 Å². The number of benzene rings is 1. The van der Waals surface area contributed by atoms with Gasteiger partial charge in [-0.05, 0) is 56.0 Å². The van der Waals surface area contributed by atoms with E-state index in [0.29, 0.717) is 35.6 Å². The van der Waals surface area contributed by atoms with Crippen LogP contribution in [0, 0.1) is 19.7 Å². The highest BCUT2D eigenvalue weighted by Crippen LogP contribution is 2.49. The highest BCUT2D eigenvalue weighted by molar-refractivity contribution is 14.1. The molecular weight excluding hydrogens is 536 g/mol. The summed E-state index contributed by atoms with van der Waals surface area (Å²) >= 11 is 3.14. The van der Waals surface area contributed by atoms with Crippen molar-refractivity contribution < 1.29 is 21.8 Å². The van der Waals surface area contributed by atoms with E-state index >= 15 is 0 Å². The standard InChI is InChI=1S/C21H21FIN3O4S/c1-11-5-14(3-4-15(11)22)29-9-17(27)25-18-13-6-21(7-13,8-16(18)30-23)26-19(28)20-24-12(2)10-31-20/h3-5,10,16H,6-9H2,1-2H3,(H,25,27)(H,26,28). The van der Waals surface area contributed by atoms with Crippen molar-refractivity contribution in [3.63, 3.8) is 0 Å². The average molecular weight is 557 g/mol. The summed E-state index contributed by atoms with van der Waals surface area (Å²) in [5.41, 5.74) is 2.68. The number of amides is 2. The van der Waals surface area contributed by atoms with E-state index in [1.807, 2.05) is 35.3 Å². The lowest BCUT2D eigenvalue weighted by Crippen LogP contribution is -2.61. The molecule has 164 valence electrons. The van der Waals surface area contributed by atoms with E-state index in [0.717, 1.165) is 17.0 Å². The van der Waals surface area contributed by atoms with Crippen molar-refractivity contribution in [3.8, 4) is 5.75 Å². The summed E-state index contributed by atoms with van der Waals surface area (Å²) in [5.74, 6) is -0.386. The zero-order valence-corrected chi connectivity index (χ0v) is 19.9. The van der Waals surface area contributed by atoms with Crippen molar-refractivity contribution in [1.82, 2.24) is 15.6 Å². The quantitative estimate of drug-likeness (QED) is 0.507. The number of thiazole rings is 1. The summed E-state index contributed by atoms with van der Waals surface area (Å²) in [6.07, 6.45) is 1.54. The Bertz CT molecular complexity index is 1060. The minimum Gasteiger partial charge on any atom is -0.484 e. The number of fused-ring (bicyclic) bond motifs is 2. The van der Waals surface area contributed by atoms with Gasteiger partial charge in [0.1, 0.15) is 40.7 Å². The Morgan fingerprint density at radius 3 is 2.77 bits per heavy atom. The molecule has 10 heteroatoms. The van der Waals surface area contributed by atoms with Crippen LogP contribution in [0.3, 0.4) is 0 Å². The van der Waals surface area contributed by atoms with Gasteiger partial charge in [-0.2, -0.15) is 0 Å². The third-order valence-corrected chi connectivity index (χ3v) is 7.03. The molecule has 1 unspecified atom stereocenters. The summed E-state index contributed by atoms with van der Waals surface area (Å²) in [5, 5.41) is 8.30. The number of hydrogen-bond donors (Lipinski definition) is 2. The van der Waals surface area contributed by atoms with E-state index in [4.69, 9.17) is 7.80 Å². The third-order valence-electron chi connectivity index (χ3n) is 5.46. The molecule has 2 bridgehead atoms. The van der Waals surface area contributed by atoms with E-state index in [2.05, 4.69) is 15.6 Å². The van der Waals surface area contributed by atoms with Gasteiger partial charge in [0.15, 0.2) is 11.6 Å². The number of aryl methyl sites for hydroxylation is 2. The molecule has 1 fully saturated rings. The largest absolute Gasteiger partial charge is 0.484 e. The van der Waals surface area contributed by atoms with Crippen molar-refractivity contribution >= 4 is 46.2 Å². The number of carbonyl (C=O) groups is 2. The van der Waals surface area contributed by atoms with Gasteiger partial charge < -0.3 is 18.4 Å². The Hall–Kier alpha value is -2.05. The van der Waals surface area contributed by atoms with E-state index in [1.54, 1.807) is 13.0 Å². The number of aromatic nitrogens is 1. The van der Waals surface area contributed by atoms with E-state index in [1.165, 1.54) is 23.5 Å². The van der Waals surface area contributed by atoms with Gasteiger partial charge in [-0.3, -0.25) is 9.59 Å². The fraction of sp³-hybridized carbons (Fsp3) is 0.381. The molecule has 1 aromatic carbocycles. The summed E-state index contributed by atoms with van der Waals surface area (Å²) in [7, 11) is 0. The minimum atomic E-state index is -0.377. The lowest BCUT2D eigenvalue weighted by atomic mass is 9.63. The third kappa shape index (κ3) is 4.75. The Kier molecular flexibility index (Phi) is 6.31. The molecule has 0 saturated heterocycles. The predicted molar refractivity (Wildman–Crippen MR) is 122 cm³/mol. The van der Waals surface area contributed by atoms with Gasteiger partial charge in [-0.15, -0.1) is 11.3 Å². The van der Waals surface area contributed by atoms with Crippen LogP contribution in [0.4, 0.5) is 4.39 Å². The second-order valence-corrected chi connectivity index (χ2v) is 9.30. The van der Waals surface area contributed by atoms with Crippen molar-refractivity contribution in [2.75, 3.05) is 6.61 Å². The second-order valence-electron chi connectivity index (χ2n) is 7.93. The maximum atomic E-state index is 13.4. The van der Waals surface area contributed by atoms with Gasteiger partial charge >= 0.3 is 0 Å². The Labute approximate surface area is 197 Å². The molecule has 0 aliphatic heterocycles. The zero-order valence-electron chi connectivity index (χ0n) is 17.0. The van der Waals surface area contributed by atoms with E-state index in [-0.39, 0.29) is 35.9 Å². The van der Waals surface area contributed by atoms with Crippen LogP contribution in [0.1, 0.15) is 40.3 Å². The number of hydrogen-bond acceptors (Lipinski definition) is 6. The number of ether oxygens (including phenoxy) is 1. The molecule has 1 atom stereocenters. The van der Waals surface area contributed by atoms with Crippen LogP contribution in [0.15, 0.2) is 34.8 Å². The Morgan fingerprint density at radius 1 is 1.35 bits per heavy atom. The van der Waals surface area contributed by atoms with Crippen LogP contribution >= 0.6 is 34.3 Å². The first kappa shape index (κ1) is 22.2. The molecule has 7 nitrogen and oxygen atoms in total. The topological polar surface area (TPSA) is 89.6 Å². The average Bonchev–Trinajstić information content (AvgIpc) is 3.15. The molecule has 2 aromatic rings. The van der Waals surface area contributed by atoms with Crippen LogP contribution in [0.5, 0.6) is 5.75 Å². The molecule has 2 N–H and O–H groups in total. The van der Waals surface area contributed by atoms with Crippen LogP contribution < -0.4 is 15.4 Å². The molecule has 0 spiro atoms. The lowest BCUT2D eigenvalue weighted by Gasteiger charge is -2.51. The maximum Gasteiger partial charge on any atom is 0.280 e. The maximum absolute atomic E-state index is 13.4. The first-order valence-electron chi connectivity index (χ1n) is 9.71. The number of rotatable bonds is 7. The van der Waals surface area contributed by atoms with E-state index < -0.39 is 0 Å². The Balaban J connectivity index is 1.37. The molecule has 2 amide bonds. The van der Waals surface area contributed by atoms with Gasteiger partial charge in [-0.1, -0.05) is 0 Å². The molecule has 1 aromatic heterocycles. The molecule has 1 saturated carbocycles. The first-order chi connectivity index (χ1) is 14.8. The SMILES string of the molecule is Cc1csc(C(=O)NC23CC(=C(NC(=O)COc4ccc(F)c(C)c4)C(OI)C2)C3)n1. The van der Waals surface area contributed by atoms with Gasteiger partial charge in [0.05, 0.1) is 5.54 Å².